The summed E-state index contributed by atoms with van der Waals surface area (Å²) in [7, 11) is 0. The zero-order chi connectivity index (χ0) is 13.1. The van der Waals surface area contributed by atoms with Gasteiger partial charge in [-0.05, 0) is 54.2 Å². The maximum Gasteiger partial charge on any atom is 0.223 e. The molecule has 1 aliphatic rings. The van der Waals surface area contributed by atoms with Gasteiger partial charge in [0.15, 0.2) is 0 Å². The van der Waals surface area contributed by atoms with E-state index in [9.17, 15) is 4.79 Å². The molecular formula is C13H19BrN2OS. The van der Waals surface area contributed by atoms with Crippen molar-refractivity contribution in [1.82, 2.24) is 4.90 Å². The number of hydrogen-bond acceptors (Lipinski definition) is 3. The molecule has 0 saturated carbocycles. The molecule has 2 rings (SSSR count). The van der Waals surface area contributed by atoms with Gasteiger partial charge in [-0.3, -0.25) is 4.79 Å². The molecule has 1 saturated heterocycles. The molecule has 0 aromatic carbocycles. The Morgan fingerprint density at radius 1 is 1.67 bits per heavy atom. The second-order valence-electron chi connectivity index (χ2n) is 4.96. The predicted octanol–water partition coefficient (Wildman–Crippen LogP) is 2.64. The van der Waals surface area contributed by atoms with Crippen molar-refractivity contribution in [2.45, 2.75) is 32.2 Å². The van der Waals surface area contributed by atoms with Crippen LogP contribution < -0.4 is 5.73 Å². The van der Waals surface area contributed by atoms with E-state index in [-0.39, 0.29) is 5.91 Å². The summed E-state index contributed by atoms with van der Waals surface area (Å²) in [6.45, 7) is 3.64. The van der Waals surface area contributed by atoms with Crippen molar-refractivity contribution in [2.24, 2.45) is 11.7 Å². The number of carbonyl (C=O) groups is 1. The van der Waals surface area contributed by atoms with Gasteiger partial charge in [-0.1, -0.05) is 0 Å². The minimum Gasteiger partial charge on any atom is -0.340 e. The van der Waals surface area contributed by atoms with Gasteiger partial charge < -0.3 is 10.6 Å². The summed E-state index contributed by atoms with van der Waals surface area (Å²) >= 11 is 5.14. The molecule has 0 aliphatic carbocycles. The minimum absolute atomic E-state index is 0.267. The molecule has 0 radical (unpaired) electrons. The molecule has 2 unspecified atom stereocenters. The number of thiophene rings is 1. The van der Waals surface area contributed by atoms with Crippen LogP contribution in [-0.2, 0) is 11.2 Å². The zero-order valence-corrected chi connectivity index (χ0v) is 13.0. The van der Waals surface area contributed by atoms with Gasteiger partial charge in [-0.15, -0.1) is 11.3 Å². The lowest BCUT2D eigenvalue weighted by molar-refractivity contribution is -0.131. The third-order valence-corrected chi connectivity index (χ3v) is 5.28. The highest BCUT2D eigenvalue weighted by molar-refractivity contribution is 9.10. The van der Waals surface area contributed by atoms with Crippen LogP contribution in [0.1, 0.15) is 24.6 Å². The fraction of sp³-hybridized carbons (Fsp3) is 0.615. The topological polar surface area (TPSA) is 46.3 Å². The summed E-state index contributed by atoms with van der Waals surface area (Å²) in [6, 6.07) is 2.44. The van der Waals surface area contributed by atoms with E-state index >= 15 is 0 Å². The van der Waals surface area contributed by atoms with Gasteiger partial charge in [0.05, 0.1) is 0 Å². The predicted molar refractivity (Wildman–Crippen MR) is 78.7 cm³/mol. The summed E-state index contributed by atoms with van der Waals surface area (Å²) < 4.78 is 1.10. The summed E-state index contributed by atoms with van der Waals surface area (Å²) in [6.07, 6.45) is 2.49. The number of amides is 1. The lowest BCUT2D eigenvalue weighted by Gasteiger charge is -2.21. The van der Waals surface area contributed by atoms with Crippen LogP contribution in [0.15, 0.2) is 15.9 Å². The summed E-state index contributed by atoms with van der Waals surface area (Å²) in [5, 5.41) is 2.06. The van der Waals surface area contributed by atoms with Crippen molar-refractivity contribution in [3.63, 3.8) is 0 Å². The molecule has 1 aliphatic heterocycles. The van der Waals surface area contributed by atoms with E-state index in [1.807, 2.05) is 4.90 Å². The van der Waals surface area contributed by atoms with E-state index < -0.39 is 0 Å². The third kappa shape index (κ3) is 3.33. The Balaban J connectivity index is 1.85. The Labute approximate surface area is 120 Å². The Bertz CT molecular complexity index is 421. The Hall–Kier alpha value is -0.390. The first-order valence-corrected chi connectivity index (χ1v) is 8.00. The lowest BCUT2D eigenvalue weighted by atomic mass is 10.1. The zero-order valence-electron chi connectivity index (χ0n) is 10.6. The number of halogens is 1. The molecule has 18 heavy (non-hydrogen) atoms. The van der Waals surface area contributed by atoms with Crippen LogP contribution in [0.4, 0.5) is 0 Å². The fourth-order valence-corrected chi connectivity index (χ4v) is 3.97. The first-order chi connectivity index (χ1) is 8.60. The smallest absolute Gasteiger partial charge is 0.223 e. The van der Waals surface area contributed by atoms with Crippen molar-refractivity contribution in [2.75, 3.05) is 13.1 Å². The average Bonchev–Trinajstić information content (AvgIpc) is 2.92. The second kappa shape index (κ2) is 6.17. The molecular weight excluding hydrogens is 312 g/mol. The van der Waals surface area contributed by atoms with Crippen LogP contribution in [0.2, 0.25) is 0 Å². The minimum atomic E-state index is 0.267. The van der Waals surface area contributed by atoms with E-state index in [1.54, 1.807) is 11.3 Å². The Morgan fingerprint density at radius 2 is 2.44 bits per heavy atom. The van der Waals surface area contributed by atoms with Gasteiger partial charge in [0.25, 0.3) is 0 Å². The van der Waals surface area contributed by atoms with Crippen molar-refractivity contribution in [3.05, 3.63) is 20.8 Å². The average molecular weight is 331 g/mol. The number of nitrogens with zero attached hydrogens (tertiary/aromatic N) is 1. The van der Waals surface area contributed by atoms with Gasteiger partial charge in [0.2, 0.25) is 5.91 Å². The highest BCUT2D eigenvalue weighted by atomic mass is 79.9. The van der Waals surface area contributed by atoms with E-state index in [0.29, 0.717) is 24.9 Å². The van der Waals surface area contributed by atoms with E-state index in [4.69, 9.17) is 5.73 Å². The van der Waals surface area contributed by atoms with Gasteiger partial charge in [-0.25, -0.2) is 0 Å². The molecule has 5 heteroatoms. The largest absolute Gasteiger partial charge is 0.340 e. The monoisotopic (exact) mass is 330 g/mol. The third-order valence-electron chi connectivity index (χ3n) is 3.52. The van der Waals surface area contributed by atoms with Gasteiger partial charge in [-0.2, -0.15) is 0 Å². The van der Waals surface area contributed by atoms with Crippen molar-refractivity contribution >= 4 is 33.2 Å². The van der Waals surface area contributed by atoms with E-state index in [0.717, 1.165) is 23.9 Å². The van der Waals surface area contributed by atoms with Crippen LogP contribution in [0.25, 0.3) is 0 Å². The van der Waals surface area contributed by atoms with Crippen LogP contribution in [0.3, 0.4) is 0 Å². The maximum absolute atomic E-state index is 12.2. The number of hydrogen-bond donors (Lipinski definition) is 1. The number of likely N-dealkylation sites (tertiary alicyclic amines) is 1. The maximum atomic E-state index is 12.2. The van der Waals surface area contributed by atoms with Crippen molar-refractivity contribution in [1.29, 1.82) is 0 Å². The van der Waals surface area contributed by atoms with Crippen molar-refractivity contribution < 1.29 is 4.79 Å². The molecule has 2 heterocycles. The number of rotatable bonds is 4. The summed E-state index contributed by atoms with van der Waals surface area (Å²) in [5.74, 6) is 0.753. The molecule has 2 N–H and O–H groups in total. The highest BCUT2D eigenvalue weighted by Crippen LogP contribution is 2.25. The van der Waals surface area contributed by atoms with Crippen LogP contribution in [0.5, 0.6) is 0 Å². The molecule has 1 fully saturated rings. The van der Waals surface area contributed by atoms with Gasteiger partial charge in [0.1, 0.15) is 0 Å². The van der Waals surface area contributed by atoms with E-state index in [2.05, 4.69) is 34.3 Å². The highest BCUT2D eigenvalue weighted by Gasteiger charge is 2.31. The number of carbonyl (C=O) groups excluding carboxylic acids is 1. The fourth-order valence-electron chi connectivity index (χ4n) is 2.52. The molecule has 1 amide bonds. The quantitative estimate of drug-likeness (QED) is 0.922. The summed E-state index contributed by atoms with van der Waals surface area (Å²) in [5.41, 5.74) is 5.68. The van der Waals surface area contributed by atoms with E-state index in [1.165, 1.54) is 4.88 Å². The second-order valence-corrected chi connectivity index (χ2v) is 6.88. The first kappa shape index (κ1) is 14.0. The van der Waals surface area contributed by atoms with Gasteiger partial charge in [0, 0.05) is 33.7 Å². The number of aryl methyl sites for hydroxylation is 1. The molecule has 0 bridgehead atoms. The van der Waals surface area contributed by atoms with Crippen molar-refractivity contribution in [3.8, 4) is 0 Å². The molecule has 100 valence electrons. The lowest BCUT2D eigenvalue weighted by Crippen LogP contribution is -2.34. The van der Waals surface area contributed by atoms with Crippen LogP contribution in [-0.4, -0.2) is 29.9 Å². The molecule has 0 spiro atoms. The Kier molecular flexibility index (Phi) is 4.81. The Morgan fingerprint density at radius 3 is 3.00 bits per heavy atom. The normalized spacial score (nSPS) is 23.6. The molecule has 3 nitrogen and oxygen atoms in total. The first-order valence-electron chi connectivity index (χ1n) is 6.32. The van der Waals surface area contributed by atoms with Crippen LogP contribution >= 0.6 is 27.3 Å². The molecule has 1 aromatic rings. The number of nitrogens with two attached hydrogens (primary N) is 1. The van der Waals surface area contributed by atoms with Gasteiger partial charge >= 0.3 is 0 Å². The molecule has 1 aromatic heterocycles. The van der Waals surface area contributed by atoms with Crippen LogP contribution in [0, 0.1) is 5.92 Å². The SMILES string of the molecule is CC1CC(CN)CN1C(=O)CCc1cc(Br)cs1. The standard InChI is InChI=1S/C13H19BrN2OS/c1-9-4-10(6-15)7-16(9)13(17)3-2-12-5-11(14)8-18-12/h5,8-10H,2-4,6-7,15H2,1H3. The molecule has 2 atom stereocenters. The summed E-state index contributed by atoms with van der Waals surface area (Å²) in [4.78, 5) is 15.4.